The van der Waals surface area contributed by atoms with Crippen molar-refractivity contribution in [2.45, 2.75) is 26.3 Å². The van der Waals surface area contributed by atoms with Crippen LogP contribution in [0.15, 0.2) is 53.3 Å². The number of likely N-dealkylation sites (N-methyl/N-ethyl adjacent to an activating group) is 1. The van der Waals surface area contributed by atoms with Crippen molar-refractivity contribution in [3.8, 4) is 0 Å². The fourth-order valence-electron chi connectivity index (χ4n) is 3.80. The predicted molar refractivity (Wildman–Crippen MR) is 125 cm³/mol. The molecule has 0 aliphatic carbocycles. The zero-order chi connectivity index (χ0) is 22.7. The number of rotatable bonds is 8. The molecule has 4 rings (SSSR count). The second kappa shape index (κ2) is 9.32. The van der Waals surface area contributed by atoms with E-state index < -0.39 is 0 Å². The molecule has 0 aliphatic heterocycles. The fraction of sp³-hybridized carbons (Fsp3) is 0.333. The van der Waals surface area contributed by atoms with Crippen molar-refractivity contribution >= 4 is 22.6 Å². The van der Waals surface area contributed by atoms with Crippen LogP contribution < -0.4 is 5.56 Å². The Hall–Kier alpha value is -3.52. The number of carbonyl (C=O) groups is 1. The van der Waals surface area contributed by atoms with Gasteiger partial charge in [-0.15, -0.1) is 10.2 Å². The molecule has 32 heavy (non-hydrogen) atoms. The first-order valence-corrected chi connectivity index (χ1v) is 10.9. The first-order chi connectivity index (χ1) is 15.5. The maximum Gasteiger partial charge on any atom is 0.294 e. The number of nitrogens with one attached hydrogen (secondary N) is 1. The molecule has 0 saturated heterocycles. The van der Waals surface area contributed by atoms with E-state index in [1.54, 1.807) is 10.5 Å². The molecule has 4 aromatic rings. The van der Waals surface area contributed by atoms with Crippen LogP contribution in [-0.4, -0.2) is 62.5 Å². The first-order valence-electron chi connectivity index (χ1n) is 10.9. The van der Waals surface area contributed by atoms with Gasteiger partial charge >= 0.3 is 0 Å². The van der Waals surface area contributed by atoms with Gasteiger partial charge in [0.1, 0.15) is 5.82 Å². The van der Waals surface area contributed by atoms with Gasteiger partial charge in [-0.05, 0) is 44.3 Å². The van der Waals surface area contributed by atoms with Crippen LogP contribution in [0.3, 0.4) is 0 Å². The van der Waals surface area contributed by atoms with Crippen molar-refractivity contribution in [3.05, 3.63) is 75.8 Å². The summed E-state index contributed by atoms with van der Waals surface area (Å²) >= 11 is 0. The third-order valence-corrected chi connectivity index (χ3v) is 5.46. The monoisotopic (exact) mass is 432 g/mol. The van der Waals surface area contributed by atoms with Crippen LogP contribution in [-0.2, 0) is 13.0 Å². The number of H-pyrrole nitrogens is 1. The highest BCUT2D eigenvalue weighted by molar-refractivity contribution is 5.97. The molecule has 1 amide bonds. The second-order valence-corrected chi connectivity index (χ2v) is 8.23. The highest BCUT2D eigenvalue weighted by Gasteiger charge is 2.19. The molecule has 1 N–H and O–H groups in total. The number of hydrogen-bond acceptors (Lipinski definition) is 5. The lowest BCUT2D eigenvalue weighted by Gasteiger charge is -2.25. The third kappa shape index (κ3) is 4.40. The molecule has 2 heterocycles. The number of amides is 1. The standard InChI is InChI=1S/C24H28N6O2/c1-4-8-21-26-27-22-23(31)25-19-15-18(11-12-20(19)30(21)22)24(32)29(14-13-28(2)3)16-17-9-6-5-7-10-17/h5-7,9-12,15H,4,8,13-14,16H2,1-3H3,(H,25,31). The Morgan fingerprint density at radius 2 is 1.84 bits per heavy atom. The normalized spacial score (nSPS) is 11.5. The van der Waals surface area contributed by atoms with E-state index in [9.17, 15) is 9.59 Å². The van der Waals surface area contributed by atoms with Crippen molar-refractivity contribution in [1.29, 1.82) is 0 Å². The van der Waals surface area contributed by atoms with Crippen LogP contribution in [0.1, 0.15) is 35.1 Å². The smallest absolute Gasteiger partial charge is 0.294 e. The molecule has 0 atom stereocenters. The lowest BCUT2D eigenvalue weighted by Crippen LogP contribution is -2.36. The Labute approximate surface area is 186 Å². The van der Waals surface area contributed by atoms with Gasteiger partial charge in [0.25, 0.3) is 11.5 Å². The molecule has 0 saturated carbocycles. The zero-order valence-corrected chi connectivity index (χ0v) is 18.7. The van der Waals surface area contributed by atoms with Gasteiger partial charge < -0.3 is 14.8 Å². The molecular weight excluding hydrogens is 404 g/mol. The SMILES string of the molecule is CCCc1nnc2c(=O)[nH]c3cc(C(=O)N(CCN(C)C)Cc4ccccc4)ccc3n12. The van der Waals surface area contributed by atoms with Crippen LogP contribution in [0.4, 0.5) is 0 Å². The quantitative estimate of drug-likeness (QED) is 0.463. The van der Waals surface area contributed by atoms with Crippen molar-refractivity contribution in [2.75, 3.05) is 27.2 Å². The maximum absolute atomic E-state index is 13.5. The third-order valence-electron chi connectivity index (χ3n) is 5.46. The van der Waals surface area contributed by atoms with Crippen LogP contribution in [0.2, 0.25) is 0 Å². The van der Waals surface area contributed by atoms with E-state index in [1.807, 2.05) is 61.5 Å². The number of aromatic nitrogens is 4. The van der Waals surface area contributed by atoms with Gasteiger partial charge in [0.15, 0.2) is 0 Å². The highest BCUT2D eigenvalue weighted by Crippen LogP contribution is 2.18. The maximum atomic E-state index is 13.5. The molecule has 0 radical (unpaired) electrons. The molecule has 2 aromatic heterocycles. The van der Waals surface area contributed by atoms with E-state index in [0.717, 1.165) is 36.3 Å². The molecule has 0 fully saturated rings. The number of aromatic amines is 1. The molecule has 8 heteroatoms. The van der Waals surface area contributed by atoms with Crippen molar-refractivity contribution < 1.29 is 4.79 Å². The zero-order valence-electron chi connectivity index (χ0n) is 18.7. The summed E-state index contributed by atoms with van der Waals surface area (Å²) in [7, 11) is 3.98. The van der Waals surface area contributed by atoms with Crippen LogP contribution in [0, 0.1) is 0 Å². The van der Waals surface area contributed by atoms with Crippen molar-refractivity contribution in [2.24, 2.45) is 0 Å². The van der Waals surface area contributed by atoms with Gasteiger partial charge in [-0.1, -0.05) is 37.3 Å². The second-order valence-electron chi connectivity index (χ2n) is 8.23. The fourth-order valence-corrected chi connectivity index (χ4v) is 3.80. The Kier molecular flexibility index (Phi) is 6.32. The summed E-state index contributed by atoms with van der Waals surface area (Å²) in [6.07, 6.45) is 1.61. The Morgan fingerprint density at radius 1 is 1.06 bits per heavy atom. The summed E-state index contributed by atoms with van der Waals surface area (Å²) in [5.41, 5.74) is 2.95. The van der Waals surface area contributed by atoms with Gasteiger partial charge in [-0.3, -0.25) is 14.0 Å². The largest absolute Gasteiger partial charge is 0.333 e. The summed E-state index contributed by atoms with van der Waals surface area (Å²) < 4.78 is 1.79. The topological polar surface area (TPSA) is 86.6 Å². The summed E-state index contributed by atoms with van der Waals surface area (Å²) in [5.74, 6) is 0.672. The number of nitrogens with zero attached hydrogens (tertiary/aromatic N) is 5. The average molecular weight is 433 g/mol. The minimum atomic E-state index is -0.314. The van der Waals surface area contributed by atoms with Crippen LogP contribution in [0.5, 0.6) is 0 Å². The van der Waals surface area contributed by atoms with Gasteiger partial charge in [0.05, 0.1) is 11.0 Å². The van der Waals surface area contributed by atoms with Gasteiger partial charge in [-0.2, -0.15) is 0 Å². The summed E-state index contributed by atoms with van der Waals surface area (Å²) in [6, 6.07) is 15.4. The van der Waals surface area contributed by atoms with Gasteiger partial charge in [0.2, 0.25) is 5.65 Å². The van der Waals surface area contributed by atoms with Gasteiger partial charge in [0, 0.05) is 31.6 Å². The lowest BCUT2D eigenvalue weighted by molar-refractivity contribution is 0.0732. The highest BCUT2D eigenvalue weighted by atomic mass is 16.2. The van der Waals surface area contributed by atoms with E-state index in [1.165, 1.54) is 0 Å². The summed E-state index contributed by atoms with van der Waals surface area (Å²) in [5, 5.41) is 8.23. The number of benzene rings is 2. The molecule has 8 nitrogen and oxygen atoms in total. The van der Waals surface area contributed by atoms with E-state index in [2.05, 4.69) is 27.0 Å². The number of hydrogen-bond donors (Lipinski definition) is 1. The van der Waals surface area contributed by atoms with E-state index in [0.29, 0.717) is 24.2 Å². The summed E-state index contributed by atoms with van der Waals surface area (Å²) in [6.45, 7) is 3.93. The molecular formula is C24H28N6O2. The molecule has 0 unspecified atom stereocenters. The van der Waals surface area contributed by atoms with Crippen LogP contribution in [0.25, 0.3) is 16.7 Å². The molecule has 0 aliphatic rings. The average Bonchev–Trinajstić information content (AvgIpc) is 3.21. The van der Waals surface area contributed by atoms with Crippen LogP contribution >= 0.6 is 0 Å². The Morgan fingerprint density at radius 3 is 2.56 bits per heavy atom. The van der Waals surface area contributed by atoms with E-state index in [4.69, 9.17) is 0 Å². The molecule has 2 aromatic carbocycles. The number of aryl methyl sites for hydroxylation is 1. The lowest BCUT2D eigenvalue weighted by atomic mass is 10.1. The molecule has 166 valence electrons. The molecule has 0 bridgehead atoms. The number of carbonyl (C=O) groups excluding carboxylic acids is 1. The van der Waals surface area contributed by atoms with E-state index in [-0.39, 0.29) is 17.1 Å². The number of fused-ring (bicyclic) bond motifs is 3. The van der Waals surface area contributed by atoms with Crippen molar-refractivity contribution in [3.63, 3.8) is 0 Å². The summed E-state index contributed by atoms with van der Waals surface area (Å²) in [4.78, 5) is 32.8. The molecule has 0 spiro atoms. The van der Waals surface area contributed by atoms with E-state index >= 15 is 0 Å². The van der Waals surface area contributed by atoms with Gasteiger partial charge in [-0.25, -0.2) is 0 Å². The Balaban J connectivity index is 1.72. The predicted octanol–water partition coefficient (Wildman–Crippen LogP) is 2.73. The van der Waals surface area contributed by atoms with Crippen molar-refractivity contribution in [1.82, 2.24) is 29.4 Å². The first kappa shape index (κ1) is 21.7. The minimum absolute atomic E-state index is 0.0731. The Bertz CT molecular complexity index is 1290. The minimum Gasteiger partial charge on any atom is -0.333 e.